The molecule has 5 nitrogen and oxygen atoms in total. The second kappa shape index (κ2) is 6.85. The topological polar surface area (TPSA) is 67.8 Å². The van der Waals surface area contributed by atoms with E-state index in [2.05, 4.69) is 5.32 Å². The molecule has 0 aromatic heterocycles. The Labute approximate surface area is 142 Å². The quantitative estimate of drug-likeness (QED) is 0.887. The summed E-state index contributed by atoms with van der Waals surface area (Å²) in [5, 5.41) is 12.5. The van der Waals surface area contributed by atoms with Crippen LogP contribution < -0.4 is 14.8 Å². The second-order valence-electron chi connectivity index (χ2n) is 6.82. The molecule has 1 saturated carbocycles. The molecule has 24 heavy (non-hydrogen) atoms. The first-order valence-electron chi connectivity index (χ1n) is 8.57. The lowest BCUT2D eigenvalue weighted by molar-refractivity contribution is -0.120. The van der Waals surface area contributed by atoms with Gasteiger partial charge in [-0.05, 0) is 31.9 Å². The van der Waals surface area contributed by atoms with Crippen molar-refractivity contribution in [3.05, 3.63) is 23.8 Å². The average molecular weight is 331 g/mol. The molecule has 1 aliphatic heterocycles. The van der Waals surface area contributed by atoms with Gasteiger partial charge in [0.15, 0.2) is 0 Å². The molecule has 3 rings (SSSR count). The number of hydrogen-bond acceptors (Lipinski definition) is 4. The highest BCUT2D eigenvalue weighted by Gasteiger charge is 2.28. The maximum Gasteiger partial charge on any atom is 0.227 e. The van der Waals surface area contributed by atoms with Gasteiger partial charge in [0.25, 0.3) is 0 Å². The first-order chi connectivity index (χ1) is 11.5. The minimum absolute atomic E-state index is 0.0638. The average Bonchev–Trinajstić information content (AvgIpc) is 2.62. The maximum absolute atomic E-state index is 12.5. The van der Waals surface area contributed by atoms with Crippen LogP contribution >= 0.6 is 0 Å². The molecule has 0 saturated heterocycles. The minimum Gasteiger partial charge on any atom is -0.494 e. The van der Waals surface area contributed by atoms with Crippen LogP contribution in [0.25, 0.3) is 6.08 Å². The van der Waals surface area contributed by atoms with Crippen LogP contribution in [-0.2, 0) is 4.79 Å². The molecule has 1 unspecified atom stereocenters. The van der Waals surface area contributed by atoms with Gasteiger partial charge in [-0.1, -0.05) is 25.3 Å². The Kier molecular flexibility index (Phi) is 4.81. The third kappa shape index (κ3) is 3.41. The Hall–Kier alpha value is -2.01. The van der Waals surface area contributed by atoms with Gasteiger partial charge in [-0.25, -0.2) is 0 Å². The second-order valence-corrected chi connectivity index (χ2v) is 6.82. The van der Waals surface area contributed by atoms with Gasteiger partial charge >= 0.3 is 0 Å². The van der Waals surface area contributed by atoms with Crippen molar-refractivity contribution in [3.8, 4) is 11.5 Å². The molecule has 1 aliphatic carbocycles. The summed E-state index contributed by atoms with van der Waals surface area (Å²) < 4.78 is 11.3. The van der Waals surface area contributed by atoms with Gasteiger partial charge in [0.1, 0.15) is 17.1 Å². The predicted octanol–water partition coefficient (Wildman–Crippen LogP) is 3.37. The number of ether oxygens (including phenoxy) is 2. The summed E-state index contributed by atoms with van der Waals surface area (Å²) in [5.74, 6) is 1.35. The largest absolute Gasteiger partial charge is 0.494 e. The Bertz CT molecular complexity index is 649. The molecule has 1 heterocycles. The molecule has 5 heteroatoms. The van der Waals surface area contributed by atoms with E-state index in [9.17, 15) is 9.90 Å². The highest BCUT2D eigenvalue weighted by Crippen LogP contribution is 2.39. The smallest absolute Gasteiger partial charge is 0.227 e. The number of hydrogen-bond donors (Lipinski definition) is 2. The van der Waals surface area contributed by atoms with Crippen molar-refractivity contribution in [2.45, 2.75) is 44.6 Å². The Morgan fingerprint density at radius 3 is 2.79 bits per heavy atom. The van der Waals surface area contributed by atoms with Gasteiger partial charge in [0.2, 0.25) is 5.91 Å². The number of carbonyl (C=O) groups excluding carboxylic acids is 1. The number of nitrogens with one attached hydrogen (secondary N) is 1. The number of amides is 1. The minimum atomic E-state index is -0.731. The van der Waals surface area contributed by atoms with E-state index in [1.807, 2.05) is 25.1 Å². The van der Waals surface area contributed by atoms with E-state index >= 15 is 0 Å². The normalized spacial score (nSPS) is 23.3. The van der Waals surface area contributed by atoms with Gasteiger partial charge in [0.05, 0.1) is 19.4 Å². The summed E-state index contributed by atoms with van der Waals surface area (Å²) in [5.41, 5.74) is 0.790. The summed E-state index contributed by atoms with van der Waals surface area (Å²) in [6, 6.07) is 3.63. The standard InChI is InChI=1S/C19H25NO4/c1-19(12-21)9-8-14-10-15(17(23-2)11-16(14)24-19)20-18(22)13-6-4-3-5-7-13/h8-11,13,21H,3-7,12H2,1-2H3,(H,20,22). The molecule has 2 aliphatic rings. The van der Waals surface area contributed by atoms with Crippen molar-refractivity contribution in [2.75, 3.05) is 19.0 Å². The molecule has 1 fully saturated rings. The van der Waals surface area contributed by atoms with Crippen LogP contribution in [-0.4, -0.2) is 30.3 Å². The Morgan fingerprint density at radius 1 is 1.38 bits per heavy atom. The number of methoxy groups -OCH3 is 1. The fraction of sp³-hybridized carbons (Fsp3) is 0.526. The van der Waals surface area contributed by atoms with E-state index in [1.54, 1.807) is 13.2 Å². The first-order valence-corrected chi connectivity index (χ1v) is 8.57. The molecule has 1 aromatic rings. The van der Waals surface area contributed by atoms with Crippen LogP contribution in [0.3, 0.4) is 0 Å². The van der Waals surface area contributed by atoms with Gasteiger partial charge in [-0.3, -0.25) is 4.79 Å². The number of aliphatic hydroxyl groups is 1. The van der Waals surface area contributed by atoms with Gasteiger partial charge in [-0.2, -0.15) is 0 Å². The molecule has 1 aromatic carbocycles. The zero-order valence-electron chi connectivity index (χ0n) is 14.3. The summed E-state index contributed by atoms with van der Waals surface area (Å²) >= 11 is 0. The van der Waals surface area contributed by atoms with Gasteiger partial charge in [0, 0.05) is 17.5 Å². The lowest BCUT2D eigenvalue weighted by atomic mass is 9.88. The van der Waals surface area contributed by atoms with E-state index < -0.39 is 5.60 Å². The summed E-state index contributed by atoms with van der Waals surface area (Å²) in [4.78, 5) is 12.5. The fourth-order valence-electron chi connectivity index (χ4n) is 3.30. The van der Waals surface area contributed by atoms with Crippen LogP contribution in [0.1, 0.15) is 44.6 Å². The van der Waals surface area contributed by atoms with Crippen LogP contribution in [0, 0.1) is 5.92 Å². The highest BCUT2D eigenvalue weighted by molar-refractivity contribution is 5.94. The summed E-state index contributed by atoms with van der Waals surface area (Å²) in [6.07, 6.45) is 9.11. The molecule has 1 atom stereocenters. The van der Waals surface area contributed by atoms with Crippen LogP contribution in [0.2, 0.25) is 0 Å². The number of aliphatic hydroxyl groups excluding tert-OH is 1. The number of anilines is 1. The fourth-order valence-corrected chi connectivity index (χ4v) is 3.30. The van der Waals surface area contributed by atoms with Gasteiger partial charge in [-0.15, -0.1) is 0 Å². The molecular weight excluding hydrogens is 306 g/mol. The van der Waals surface area contributed by atoms with E-state index in [0.717, 1.165) is 31.2 Å². The van der Waals surface area contributed by atoms with E-state index in [1.165, 1.54) is 6.42 Å². The monoisotopic (exact) mass is 331 g/mol. The number of rotatable bonds is 4. The van der Waals surface area contributed by atoms with E-state index in [0.29, 0.717) is 17.2 Å². The van der Waals surface area contributed by atoms with Crippen molar-refractivity contribution < 1.29 is 19.4 Å². The molecular formula is C19H25NO4. The van der Waals surface area contributed by atoms with Crippen LogP contribution in [0.4, 0.5) is 5.69 Å². The molecule has 0 radical (unpaired) electrons. The van der Waals surface area contributed by atoms with E-state index in [-0.39, 0.29) is 18.4 Å². The third-order valence-electron chi connectivity index (χ3n) is 4.84. The lowest BCUT2D eigenvalue weighted by Gasteiger charge is -2.30. The van der Waals surface area contributed by atoms with Crippen molar-refractivity contribution in [1.82, 2.24) is 0 Å². The third-order valence-corrected chi connectivity index (χ3v) is 4.84. The van der Waals surface area contributed by atoms with Crippen LogP contribution in [0.5, 0.6) is 11.5 Å². The molecule has 2 N–H and O–H groups in total. The van der Waals surface area contributed by atoms with Crippen molar-refractivity contribution in [3.63, 3.8) is 0 Å². The van der Waals surface area contributed by atoms with Crippen LogP contribution in [0.15, 0.2) is 18.2 Å². The Balaban J connectivity index is 1.83. The van der Waals surface area contributed by atoms with Crippen molar-refractivity contribution >= 4 is 17.7 Å². The Morgan fingerprint density at radius 2 is 2.12 bits per heavy atom. The molecule has 1 amide bonds. The highest BCUT2D eigenvalue weighted by atomic mass is 16.5. The predicted molar refractivity (Wildman–Crippen MR) is 93.4 cm³/mol. The molecule has 0 spiro atoms. The zero-order chi connectivity index (χ0) is 17.2. The molecule has 130 valence electrons. The lowest BCUT2D eigenvalue weighted by Crippen LogP contribution is -2.35. The molecule has 0 bridgehead atoms. The summed E-state index contributed by atoms with van der Waals surface area (Å²) in [6.45, 7) is 1.71. The first kappa shape index (κ1) is 16.8. The number of carbonyl (C=O) groups is 1. The SMILES string of the molecule is COc1cc2c(cc1NC(=O)C1CCCCC1)C=CC(C)(CO)O2. The number of fused-ring (bicyclic) bond motifs is 1. The maximum atomic E-state index is 12.5. The zero-order valence-corrected chi connectivity index (χ0v) is 14.3. The number of benzene rings is 1. The van der Waals surface area contributed by atoms with Crippen molar-refractivity contribution in [2.24, 2.45) is 5.92 Å². The summed E-state index contributed by atoms with van der Waals surface area (Å²) in [7, 11) is 1.57. The van der Waals surface area contributed by atoms with E-state index in [4.69, 9.17) is 9.47 Å². The van der Waals surface area contributed by atoms with Gasteiger partial charge < -0.3 is 19.9 Å². The van der Waals surface area contributed by atoms with Crippen molar-refractivity contribution in [1.29, 1.82) is 0 Å².